The van der Waals surface area contributed by atoms with Crippen LogP contribution >= 0.6 is 0 Å². The molecule has 0 unspecified atom stereocenters. The summed E-state index contributed by atoms with van der Waals surface area (Å²) in [5.74, 6) is 0.610. The number of hydrogen-bond acceptors (Lipinski definition) is 4. The van der Waals surface area contributed by atoms with Crippen molar-refractivity contribution in [2.75, 3.05) is 0 Å². The summed E-state index contributed by atoms with van der Waals surface area (Å²) >= 11 is 0. The molecule has 0 bridgehead atoms. The Morgan fingerprint density at radius 2 is 1.70 bits per heavy atom. The third kappa shape index (κ3) is 4.17. The minimum absolute atomic E-state index is 0. The van der Waals surface area contributed by atoms with E-state index in [1.165, 1.54) is 25.3 Å². The molecule has 7 heteroatoms. The van der Waals surface area contributed by atoms with Crippen molar-refractivity contribution in [2.24, 2.45) is 0 Å². The van der Waals surface area contributed by atoms with Crippen molar-refractivity contribution in [3.8, 4) is 5.95 Å². The van der Waals surface area contributed by atoms with Gasteiger partial charge in [0.15, 0.2) is 5.78 Å². The summed E-state index contributed by atoms with van der Waals surface area (Å²) < 4.78 is 2.03. The van der Waals surface area contributed by atoms with Gasteiger partial charge < -0.3 is 19.6 Å². The van der Waals surface area contributed by atoms with Crippen LogP contribution in [-0.4, -0.2) is 25.4 Å². The van der Waals surface area contributed by atoms with E-state index < -0.39 is 0 Å². The van der Waals surface area contributed by atoms with E-state index in [2.05, 4.69) is 33.2 Å². The molecular weight excluding hydrogens is 556 g/mol. The summed E-state index contributed by atoms with van der Waals surface area (Å²) in [6.07, 6.45) is 2.97. The van der Waals surface area contributed by atoms with Crippen LogP contribution in [0.1, 0.15) is 13.8 Å². The van der Waals surface area contributed by atoms with E-state index in [9.17, 15) is 4.79 Å². The number of ketones is 1. The summed E-state index contributed by atoms with van der Waals surface area (Å²) in [7, 11) is 0. The van der Waals surface area contributed by atoms with Gasteiger partial charge in [0.05, 0.1) is 11.4 Å². The first-order chi connectivity index (χ1) is 14.0. The maximum Gasteiger partial charge on any atom is 0.155 e. The first-order valence-corrected chi connectivity index (χ1v) is 9.16. The minimum atomic E-state index is -0.125. The van der Waals surface area contributed by atoms with Crippen molar-refractivity contribution < 1.29 is 30.0 Å². The first kappa shape index (κ1) is 21.4. The Bertz CT molecular complexity index is 1280. The molecule has 2 aromatic carbocycles. The Balaban J connectivity index is 0.000000281. The number of imidazole rings is 1. The van der Waals surface area contributed by atoms with Gasteiger partial charge in [-0.3, -0.25) is 9.78 Å². The second-order valence-corrected chi connectivity index (χ2v) is 6.64. The Labute approximate surface area is 186 Å². The van der Waals surface area contributed by atoms with Gasteiger partial charge in [-0.25, -0.2) is 0 Å². The molecule has 0 saturated heterocycles. The summed E-state index contributed by atoms with van der Waals surface area (Å²) in [5, 5.41) is 10.6. The number of rotatable bonds is 2. The van der Waals surface area contributed by atoms with E-state index in [0.717, 1.165) is 27.6 Å². The van der Waals surface area contributed by atoms with E-state index in [0.29, 0.717) is 5.95 Å². The zero-order valence-electron chi connectivity index (χ0n) is 16.4. The molecule has 3 heterocycles. The van der Waals surface area contributed by atoms with Crippen LogP contribution in [0.3, 0.4) is 0 Å². The summed E-state index contributed by atoms with van der Waals surface area (Å²) in [6, 6.07) is 20.2. The molecule has 1 N–H and O–H groups in total. The van der Waals surface area contributed by atoms with Crippen LogP contribution in [0, 0.1) is 0 Å². The van der Waals surface area contributed by atoms with Crippen molar-refractivity contribution in [1.82, 2.24) is 19.5 Å². The molecule has 30 heavy (non-hydrogen) atoms. The zero-order chi connectivity index (χ0) is 20.4. The molecule has 0 aliphatic rings. The topological polar surface area (TPSA) is 82.1 Å². The molecule has 0 spiro atoms. The predicted molar refractivity (Wildman–Crippen MR) is 114 cm³/mol. The fourth-order valence-electron chi connectivity index (χ4n) is 3.29. The molecule has 1 radical (unpaired) electrons. The second kappa shape index (κ2) is 9.03. The number of aliphatic hydroxyl groups excluding tert-OH is 1. The smallest absolute Gasteiger partial charge is 0.155 e. The Morgan fingerprint density at radius 1 is 1.00 bits per heavy atom. The van der Waals surface area contributed by atoms with Gasteiger partial charge in [0.1, 0.15) is 0 Å². The maximum absolute atomic E-state index is 10.0. The van der Waals surface area contributed by atoms with E-state index in [1.54, 1.807) is 6.20 Å². The summed E-state index contributed by atoms with van der Waals surface area (Å²) in [4.78, 5) is 23.9. The fourth-order valence-corrected chi connectivity index (χ4v) is 3.29. The number of aliphatic hydroxyl groups is 1. The average molecular weight is 576 g/mol. The summed E-state index contributed by atoms with van der Waals surface area (Å²) in [6.45, 7) is 2.85. The van der Waals surface area contributed by atoms with Crippen LogP contribution in [0.2, 0.25) is 0 Å². The number of hydrogen-bond donors (Lipinski definition) is 1. The van der Waals surface area contributed by atoms with Crippen LogP contribution in [0.5, 0.6) is 0 Å². The number of aromatic nitrogens is 4. The van der Waals surface area contributed by atoms with Crippen molar-refractivity contribution in [1.29, 1.82) is 0 Å². The molecular formula is C23H19IrN4O2-. The van der Waals surface area contributed by atoms with E-state index in [4.69, 9.17) is 5.11 Å². The number of pyridine rings is 1. The van der Waals surface area contributed by atoms with Crippen LogP contribution in [0.4, 0.5) is 0 Å². The van der Waals surface area contributed by atoms with Crippen molar-refractivity contribution in [3.05, 3.63) is 78.7 Å². The molecule has 0 atom stereocenters. The third-order valence-electron chi connectivity index (χ3n) is 4.37. The molecule has 5 aromatic rings. The van der Waals surface area contributed by atoms with Crippen LogP contribution < -0.4 is 4.98 Å². The van der Waals surface area contributed by atoms with Gasteiger partial charge in [0.25, 0.3) is 0 Å². The molecule has 0 amide bonds. The molecule has 153 valence electrons. The minimum Gasteiger partial charge on any atom is -0.512 e. The number of para-hydroxylation sites is 3. The standard InChI is InChI=1S/C18H11N4.C5H8O2.Ir/c1-4-10-16-12(6-1)13-7-5-11-19-17(13)22(16)18-20-14-8-2-3-9-15(14)21-18;1-4(6)3-5(2)7;/h1-11H;3,6H,1-2H3;/q-1;;/b;4-3-;. The maximum atomic E-state index is 10.0. The number of carbonyl (C=O) groups excluding carboxylic acids is 1. The molecule has 0 saturated carbocycles. The van der Waals surface area contributed by atoms with Crippen molar-refractivity contribution in [2.45, 2.75) is 13.8 Å². The quantitative estimate of drug-likeness (QED) is 0.243. The monoisotopic (exact) mass is 576 g/mol. The molecule has 6 nitrogen and oxygen atoms in total. The zero-order valence-corrected chi connectivity index (χ0v) is 18.8. The number of nitrogens with zero attached hydrogens (tertiary/aromatic N) is 4. The van der Waals surface area contributed by atoms with Gasteiger partial charge in [0.2, 0.25) is 0 Å². The Morgan fingerprint density at radius 3 is 2.40 bits per heavy atom. The Hall–Kier alpha value is -3.28. The number of fused-ring (bicyclic) bond motifs is 4. The number of allylic oxidation sites excluding steroid dienone is 2. The molecule has 0 aliphatic carbocycles. The number of benzene rings is 2. The van der Waals surface area contributed by atoms with Crippen molar-refractivity contribution in [3.63, 3.8) is 0 Å². The van der Waals surface area contributed by atoms with Crippen LogP contribution in [0.25, 0.3) is 38.9 Å². The van der Waals surface area contributed by atoms with Gasteiger partial charge in [0, 0.05) is 54.7 Å². The normalized spacial score (nSPS) is 11.2. The van der Waals surface area contributed by atoms with Crippen molar-refractivity contribution >= 4 is 38.8 Å². The predicted octanol–water partition coefficient (Wildman–Crippen LogP) is 4.72. The molecule has 0 fully saturated rings. The molecule has 3 aromatic heterocycles. The largest absolute Gasteiger partial charge is 0.512 e. The third-order valence-corrected chi connectivity index (χ3v) is 4.37. The first-order valence-electron chi connectivity index (χ1n) is 9.16. The second-order valence-electron chi connectivity index (χ2n) is 6.64. The van der Waals surface area contributed by atoms with Gasteiger partial charge >= 0.3 is 0 Å². The Kier molecular flexibility index (Phi) is 6.45. The SMILES string of the molecule is CC(=O)/C=C(/C)O.[Ir].c1ccc2[n-]c(-n3c4ccccc4c4cccnc43)nc2c1. The van der Waals surface area contributed by atoms with Gasteiger partial charge in [-0.2, -0.15) is 0 Å². The van der Waals surface area contributed by atoms with Gasteiger partial charge in [-0.05, 0) is 30.8 Å². The van der Waals surface area contributed by atoms with E-state index in [1.807, 2.05) is 47.0 Å². The fraction of sp³-hybridized carbons (Fsp3) is 0.0870. The number of carbonyl (C=O) groups is 1. The van der Waals surface area contributed by atoms with Crippen LogP contribution in [-0.2, 0) is 24.9 Å². The van der Waals surface area contributed by atoms with E-state index >= 15 is 0 Å². The van der Waals surface area contributed by atoms with Gasteiger partial charge in [-0.1, -0.05) is 54.6 Å². The summed E-state index contributed by atoms with van der Waals surface area (Å²) in [5.41, 5.74) is 3.77. The van der Waals surface area contributed by atoms with Crippen LogP contribution in [0.15, 0.2) is 78.7 Å². The average Bonchev–Trinajstić information content (AvgIpc) is 3.26. The molecule has 0 aliphatic heterocycles. The van der Waals surface area contributed by atoms with Gasteiger partial charge in [-0.15, -0.1) is 0 Å². The molecule has 5 rings (SSSR count). The van der Waals surface area contributed by atoms with E-state index in [-0.39, 0.29) is 31.6 Å².